The number of carboxylic acids is 1. The predicted octanol–water partition coefficient (Wildman–Crippen LogP) is 7.77. The van der Waals surface area contributed by atoms with E-state index in [9.17, 15) is 26.0 Å². The van der Waals surface area contributed by atoms with Crippen molar-refractivity contribution in [2.75, 3.05) is 12.3 Å². The van der Waals surface area contributed by atoms with E-state index in [0.29, 0.717) is 10.6 Å². The van der Waals surface area contributed by atoms with Gasteiger partial charge in [0, 0.05) is 46.6 Å². The minimum Gasteiger partial charge on any atom is -0.481 e. The zero-order chi connectivity index (χ0) is 37.6. The highest BCUT2D eigenvalue weighted by Gasteiger charge is 2.27. The second kappa shape index (κ2) is 16.5. The monoisotopic (exact) mass is 772 g/mol. The summed E-state index contributed by atoms with van der Waals surface area (Å²) in [5.41, 5.74) is 4.95. The molecule has 0 aliphatic carbocycles. The Kier molecular flexibility index (Phi) is 11.8. The van der Waals surface area contributed by atoms with Crippen LogP contribution in [0.25, 0.3) is 10.9 Å². The van der Waals surface area contributed by atoms with Gasteiger partial charge in [-0.3, -0.25) is 4.79 Å². The van der Waals surface area contributed by atoms with Crippen LogP contribution in [0.5, 0.6) is 0 Å². The molecule has 12 heteroatoms. The van der Waals surface area contributed by atoms with Crippen molar-refractivity contribution in [2.45, 2.75) is 42.4 Å². The van der Waals surface area contributed by atoms with Crippen molar-refractivity contribution < 1.29 is 31.1 Å². The Morgan fingerprint density at radius 2 is 1.40 bits per heavy atom. The van der Waals surface area contributed by atoms with Crippen LogP contribution in [0.3, 0.4) is 0 Å². The van der Waals surface area contributed by atoms with Gasteiger partial charge in [0.15, 0.2) is 9.84 Å². The number of halogens is 2. The number of carboxylic acid groups (broad SMARTS) is 1. The van der Waals surface area contributed by atoms with E-state index in [1.54, 1.807) is 24.3 Å². The molecule has 0 saturated carbocycles. The minimum absolute atomic E-state index is 0.0330. The molecule has 0 atom stereocenters. The molecular formula is C41H38ClFN2O6S2. The normalized spacial score (nSPS) is 12.1. The van der Waals surface area contributed by atoms with Crippen LogP contribution >= 0.6 is 11.6 Å². The molecule has 6 rings (SSSR count). The van der Waals surface area contributed by atoms with E-state index in [0.717, 1.165) is 33.3 Å². The quantitative estimate of drug-likeness (QED) is 0.104. The van der Waals surface area contributed by atoms with Crippen LogP contribution in [0.1, 0.15) is 46.0 Å². The maximum Gasteiger partial charge on any atom is 0.303 e. The van der Waals surface area contributed by atoms with Crippen LogP contribution in [0.15, 0.2) is 132 Å². The van der Waals surface area contributed by atoms with E-state index in [1.165, 1.54) is 30.3 Å². The molecule has 1 heterocycles. The predicted molar refractivity (Wildman–Crippen MR) is 206 cm³/mol. The number of aliphatic carboxylic acids is 1. The molecular weight excluding hydrogens is 735 g/mol. The van der Waals surface area contributed by atoms with Gasteiger partial charge >= 0.3 is 5.97 Å². The summed E-state index contributed by atoms with van der Waals surface area (Å²) in [5, 5.41) is 10.2. The van der Waals surface area contributed by atoms with Gasteiger partial charge in [-0.05, 0) is 71.5 Å². The highest BCUT2D eigenvalue weighted by atomic mass is 35.5. The third-order valence-corrected chi connectivity index (χ3v) is 12.5. The first-order chi connectivity index (χ1) is 25.4. The molecule has 0 fully saturated rings. The van der Waals surface area contributed by atoms with Crippen molar-refractivity contribution in [2.24, 2.45) is 0 Å². The molecule has 274 valence electrons. The molecule has 0 spiro atoms. The Morgan fingerprint density at radius 3 is 2.02 bits per heavy atom. The Hall–Kier alpha value is -4.81. The smallest absolute Gasteiger partial charge is 0.303 e. The SMILES string of the molecule is O=C(O)CCc1ccc(S(=O)(=O)CCc2c(CCNS(=O)(=O)Cc3ccccc3F)n(C(c3ccccc3)c3ccccc3)c3ccc(Cl)cc23)cc1. The first-order valence-electron chi connectivity index (χ1n) is 17.1. The number of aryl methyl sites for hydroxylation is 2. The van der Waals surface area contributed by atoms with Crippen molar-refractivity contribution in [3.8, 4) is 0 Å². The van der Waals surface area contributed by atoms with Crippen molar-refractivity contribution in [1.82, 2.24) is 9.29 Å². The van der Waals surface area contributed by atoms with E-state index in [4.69, 9.17) is 16.7 Å². The second-order valence-electron chi connectivity index (χ2n) is 12.8. The summed E-state index contributed by atoms with van der Waals surface area (Å²) >= 11 is 6.58. The van der Waals surface area contributed by atoms with Crippen LogP contribution < -0.4 is 4.72 Å². The molecule has 0 aliphatic rings. The molecule has 0 unspecified atom stereocenters. The standard InChI is InChI=1S/C41H38ClFN2O6S2/c42-33-18-21-38-36(27-33)35(24-26-52(48,49)34-19-15-29(16-20-34)17-22-40(46)47)39(23-25-44-53(50,51)28-32-13-7-8-14-37(32)43)45(38)41(30-9-3-1-4-10-30)31-11-5-2-6-12-31/h1-16,18-21,27,41,44H,17,22-26,28H2,(H,46,47). The number of carbonyl (C=O) groups is 1. The van der Waals surface area contributed by atoms with Crippen LogP contribution in [0.4, 0.5) is 4.39 Å². The van der Waals surface area contributed by atoms with Crippen molar-refractivity contribution in [3.63, 3.8) is 0 Å². The number of aromatic nitrogens is 1. The van der Waals surface area contributed by atoms with Gasteiger partial charge in [0.1, 0.15) is 5.82 Å². The first-order valence-corrected chi connectivity index (χ1v) is 20.8. The Balaban J connectivity index is 1.42. The number of nitrogens with zero attached hydrogens (tertiary/aromatic N) is 1. The molecule has 5 aromatic carbocycles. The highest BCUT2D eigenvalue weighted by Crippen LogP contribution is 2.38. The average molecular weight is 773 g/mol. The number of benzene rings is 5. The molecule has 2 N–H and O–H groups in total. The van der Waals surface area contributed by atoms with Crippen molar-refractivity contribution >= 4 is 48.3 Å². The summed E-state index contributed by atoms with van der Waals surface area (Å²) < 4.78 is 73.1. The number of sulfonamides is 1. The lowest BCUT2D eigenvalue weighted by Crippen LogP contribution is -2.29. The number of hydrogen-bond donors (Lipinski definition) is 2. The largest absolute Gasteiger partial charge is 0.481 e. The highest BCUT2D eigenvalue weighted by molar-refractivity contribution is 7.91. The lowest BCUT2D eigenvalue weighted by Gasteiger charge is -2.25. The molecule has 8 nitrogen and oxygen atoms in total. The van der Waals surface area contributed by atoms with Gasteiger partial charge in [-0.1, -0.05) is 103 Å². The molecule has 53 heavy (non-hydrogen) atoms. The first kappa shape index (κ1) is 37.9. The van der Waals surface area contributed by atoms with Crippen molar-refractivity contribution in [1.29, 1.82) is 0 Å². The van der Waals surface area contributed by atoms with E-state index < -0.39 is 37.4 Å². The van der Waals surface area contributed by atoms with Gasteiger partial charge in [-0.25, -0.2) is 25.9 Å². The zero-order valence-corrected chi connectivity index (χ0v) is 31.0. The van der Waals surface area contributed by atoms with Crippen molar-refractivity contribution in [3.05, 3.63) is 172 Å². The fraction of sp³-hybridized carbons (Fsp3) is 0.195. The van der Waals surface area contributed by atoms with Crippen LogP contribution in [0.2, 0.25) is 5.02 Å². The average Bonchev–Trinajstić information content (AvgIpc) is 3.43. The third kappa shape index (κ3) is 9.23. The molecule has 6 aromatic rings. The fourth-order valence-electron chi connectivity index (χ4n) is 6.68. The molecule has 0 amide bonds. The van der Waals surface area contributed by atoms with E-state index in [-0.39, 0.29) is 54.5 Å². The molecule has 0 radical (unpaired) electrons. The number of sulfone groups is 1. The summed E-state index contributed by atoms with van der Waals surface area (Å²) in [5.74, 6) is -2.33. The van der Waals surface area contributed by atoms with Gasteiger partial charge in [-0.15, -0.1) is 0 Å². The molecule has 0 saturated heterocycles. The Morgan fingerprint density at radius 1 is 0.774 bits per heavy atom. The van der Waals surface area contributed by atoms with E-state index >= 15 is 0 Å². The lowest BCUT2D eigenvalue weighted by atomic mass is 9.97. The van der Waals surface area contributed by atoms with Gasteiger partial charge in [0.25, 0.3) is 0 Å². The number of rotatable bonds is 16. The summed E-state index contributed by atoms with van der Waals surface area (Å²) in [4.78, 5) is 11.1. The number of hydrogen-bond acceptors (Lipinski definition) is 5. The van der Waals surface area contributed by atoms with Crippen LogP contribution in [0, 0.1) is 5.82 Å². The fourth-order valence-corrected chi connectivity index (χ4v) is 9.27. The topological polar surface area (TPSA) is 123 Å². The van der Waals surface area contributed by atoms with Gasteiger partial charge in [0.2, 0.25) is 10.0 Å². The maximum atomic E-state index is 14.4. The second-order valence-corrected chi connectivity index (χ2v) is 17.1. The van der Waals surface area contributed by atoms with Crippen LogP contribution in [-0.2, 0) is 49.7 Å². The third-order valence-electron chi connectivity index (χ3n) is 9.19. The molecule has 0 bridgehead atoms. The lowest BCUT2D eigenvalue weighted by molar-refractivity contribution is -0.136. The minimum atomic E-state index is -3.95. The van der Waals surface area contributed by atoms with Crippen LogP contribution in [-0.4, -0.2) is 44.8 Å². The summed E-state index contributed by atoms with van der Waals surface area (Å²) in [6.45, 7) is -0.0330. The Bertz CT molecular complexity index is 2400. The van der Waals surface area contributed by atoms with E-state index in [2.05, 4.69) is 9.29 Å². The van der Waals surface area contributed by atoms with Gasteiger partial charge in [-0.2, -0.15) is 0 Å². The molecule has 1 aromatic heterocycles. The zero-order valence-electron chi connectivity index (χ0n) is 28.7. The summed E-state index contributed by atoms with van der Waals surface area (Å²) in [7, 11) is -7.75. The van der Waals surface area contributed by atoms with E-state index in [1.807, 2.05) is 72.8 Å². The summed E-state index contributed by atoms with van der Waals surface area (Å²) in [6.07, 6.45) is 0.508. The summed E-state index contributed by atoms with van der Waals surface area (Å²) in [6, 6.07) is 36.8. The number of fused-ring (bicyclic) bond motifs is 1. The molecule has 0 aliphatic heterocycles. The van der Waals surface area contributed by atoms with Gasteiger partial charge < -0.3 is 9.67 Å². The maximum absolute atomic E-state index is 14.4. The Labute approximate surface area is 313 Å². The number of nitrogens with one attached hydrogen (secondary N) is 1. The van der Waals surface area contributed by atoms with Gasteiger partial charge in [0.05, 0.1) is 22.4 Å².